The molecule has 1 unspecified atom stereocenters. The third-order valence-corrected chi connectivity index (χ3v) is 2.61. The second kappa shape index (κ2) is 7.35. The van der Waals surface area contributed by atoms with E-state index in [2.05, 4.69) is 0 Å². The summed E-state index contributed by atoms with van der Waals surface area (Å²) in [6.45, 7) is 0. The standard InChI is InChI=1S/C15H15O2.Pd/c1-17-15(16)14-10-6-5-9-13(14)11-12-7-3-2-4-8-12;/h2-11,15-16H,1H3;/q-1;. The van der Waals surface area contributed by atoms with Crippen LogP contribution in [0.1, 0.15) is 23.0 Å². The molecule has 0 aromatic heterocycles. The van der Waals surface area contributed by atoms with Gasteiger partial charge in [-0.3, -0.25) is 0 Å². The van der Waals surface area contributed by atoms with E-state index < -0.39 is 6.29 Å². The van der Waals surface area contributed by atoms with E-state index in [0.29, 0.717) is 0 Å². The molecule has 2 aromatic carbocycles. The molecule has 0 heterocycles. The molecule has 0 aliphatic carbocycles. The van der Waals surface area contributed by atoms with Crippen molar-refractivity contribution in [1.29, 1.82) is 0 Å². The first kappa shape index (κ1) is 15.0. The maximum atomic E-state index is 9.75. The van der Waals surface area contributed by atoms with Gasteiger partial charge in [0.25, 0.3) is 0 Å². The Morgan fingerprint density at radius 2 is 1.61 bits per heavy atom. The summed E-state index contributed by atoms with van der Waals surface area (Å²) >= 11 is 0. The van der Waals surface area contributed by atoms with Gasteiger partial charge in [-0.1, -0.05) is 36.4 Å². The van der Waals surface area contributed by atoms with Gasteiger partial charge in [0.05, 0.1) is 0 Å². The predicted octanol–water partition coefficient (Wildman–Crippen LogP) is 2.92. The van der Waals surface area contributed by atoms with Crippen molar-refractivity contribution in [2.45, 2.75) is 6.29 Å². The van der Waals surface area contributed by atoms with E-state index in [1.165, 1.54) is 7.11 Å². The third-order valence-electron chi connectivity index (χ3n) is 2.61. The zero-order valence-corrected chi connectivity index (χ0v) is 11.6. The number of aliphatic hydroxyl groups excluding tert-OH is 1. The second-order valence-corrected chi connectivity index (χ2v) is 3.77. The SMILES string of the molecule is COC(O)c1ccccc1[CH-]c1ccccc1.[Pd]. The average molecular weight is 334 g/mol. The van der Waals surface area contributed by atoms with Crippen LogP contribution < -0.4 is 0 Å². The molecule has 0 saturated heterocycles. The first-order valence-electron chi connectivity index (χ1n) is 5.51. The van der Waals surface area contributed by atoms with Crippen LogP contribution in [0.5, 0.6) is 0 Å². The minimum atomic E-state index is -0.883. The van der Waals surface area contributed by atoms with Gasteiger partial charge in [-0.15, -0.1) is 35.7 Å². The molecule has 0 amide bonds. The summed E-state index contributed by atoms with van der Waals surface area (Å²) in [5.41, 5.74) is 2.84. The number of hydrogen-bond donors (Lipinski definition) is 1. The number of aliphatic hydroxyl groups is 1. The van der Waals surface area contributed by atoms with Crippen LogP contribution in [-0.2, 0) is 25.2 Å². The van der Waals surface area contributed by atoms with Crippen LogP contribution in [0, 0.1) is 6.42 Å². The Bertz CT molecular complexity index is 471. The van der Waals surface area contributed by atoms with Crippen LogP contribution in [0.4, 0.5) is 0 Å². The zero-order valence-electron chi connectivity index (χ0n) is 10.0. The van der Waals surface area contributed by atoms with Gasteiger partial charge in [0.15, 0.2) is 6.29 Å². The molecule has 1 N–H and O–H groups in total. The first-order chi connectivity index (χ1) is 8.31. The van der Waals surface area contributed by atoms with E-state index in [0.717, 1.165) is 16.7 Å². The molecule has 0 fully saturated rings. The number of benzene rings is 2. The van der Waals surface area contributed by atoms with Crippen LogP contribution >= 0.6 is 0 Å². The summed E-state index contributed by atoms with van der Waals surface area (Å²) in [5, 5.41) is 9.75. The van der Waals surface area contributed by atoms with Crippen molar-refractivity contribution in [2.24, 2.45) is 0 Å². The first-order valence-corrected chi connectivity index (χ1v) is 5.51. The van der Waals surface area contributed by atoms with Crippen LogP contribution in [0.25, 0.3) is 0 Å². The maximum Gasteiger partial charge on any atom is 0.153 e. The Labute approximate surface area is 121 Å². The van der Waals surface area contributed by atoms with Gasteiger partial charge >= 0.3 is 0 Å². The molecule has 98 valence electrons. The van der Waals surface area contributed by atoms with E-state index in [9.17, 15) is 5.11 Å². The van der Waals surface area contributed by atoms with Crippen molar-refractivity contribution in [1.82, 2.24) is 0 Å². The summed E-state index contributed by atoms with van der Waals surface area (Å²) in [6, 6.07) is 17.7. The Balaban J connectivity index is 0.00000162. The Morgan fingerprint density at radius 3 is 2.28 bits per heavy atom. The number of rotatable bonds is 4. The quantitative estimate of drug-likeness (QED) is 0.529. The number of hydrogen-bond acceptors (Lipinski definition) is 2. The fraction of sp³-hybridized carbons (Fsp3) is 0.133. The molecule has 2 nitrogen and oxygen atoms in total. The van der Waals surface area contributed by atoms with E-state index in [1.54, 1.807) is 0 Å². The predicted molar refractivity (Wildman–Crippen MR) is 67.4 cm³/mol. The molecular formula is C15H15O2Pd-. The molecule has 0 aliphatic rings. The normalized spacial score (nSPS) is 11.4. The van der Waals surface area contributed by atoms with Crippen LogP contribution in [0.3, 0.4) is 0 Å². The van der Waals surface area contributed by atoms with Gasteiger partial charge in [0.1, 0.15) is 0 Å². The van der Waals surface area contributed by atoms with E-state index >= 15 is 0 Å². The smallest absolute Gasteiger partial charge is 0.153 e. The van der Waals surface area contributed by atoms with Crippen molar-refractivity contribution < 1.29 is 30.3 Å². The fourth-order valence-corrected chi connectivity index (χ4v) is 1.72. The van der Waals surface area contributed by atoms with Gasteiger partial charge in [-0.05, 0) is 5.56 Å². The largest absolute Gasteiger partial charge is 0.370 e. The van der Waals surface area contributed by atoms with Gasteiger partial charge in [-0.25, -0.2) is 0 Å². The number of methoxy groups -OCH3 is 1. The molecule has 3 heteroatoms. The molecule has 0 bridgehead atoms. The van der Waals surface area contributed by atoms with E-state index in [-0.39, 0.29) is 20.4 Å². The van der Waals surface area contributed by atoms with Gasteiger partial charge < -0.3 is 9.84 Å². The summed E-state index contributed by atoms with van der Waals surface area (Å²) in [4.78, 5) is 0. The van der Waals surface area contributed by atoms with Gasteiger partial charge in [0, 0.05) is 27.5 Å². The summed E-state index contributed by atoms with van der Waals surface area (Å²) in [5.74, 6) is 0. The average Bonchev–Trinajstić information content (AvgIpc) is 2.40. The Hall–Kier alpha value is -1.11. The van der Waals surface area contributed by atoms with Crippen molar-refractivity contribution in [3.05, 3.63) is 77.7 Å². The van der Waals surface area contributed by atoms with Crippen LogP contribution in [0.15, 0.2) is 54.6 Å². The fourth-order valence-electron chi connectivity index (χ4n) is 1.72. The molecule has 1 atom stereocenters. The van der Waals surface area contributed by atoms with Crippen molar-refractivity contribution in [3.63, 3.8) is 0 Å². The van der Waals surface area contributed by atoms with Crippen molar-refractivity contribution in [2.75, 3.05) is 7.11 Å². The molecule has 0 spiro atoms. The third kappa shape index (κ3) is 3.69. The van der Waals surface area contributed by atoms with E-state index in [4.69, 9.17) is 4.74 Å². The Morgan fingerprint density at radius 1 is 1.00 bits per heavy atom. The van der Waals surface area contributed by atoms with Crippen molar-refractivity contribution in [3.8, 4) is 0 Å². The summed E-state index contributed by atoms with van der Waals surface area (Å²) < 4.78 is 4.95. The van der Waals surface area contributed by atoms with Crippen molar-refractivity contribution >= 4 is 0 Å². The monoisotopic (exact) mass is 333 g/mol. The minimum Gasteiger partial charge on any atom is -0.370 e. The summed E-state index contributed by atoms with van der Waals surface area (Å²) in [6.07, 6.45) is 1.14. The molecule has 0 radical (unpaired) electrons. The summed E-state index contributed by atoms with van der Waals surface area (Å²) in [7, 11) is 1.49. The van der Waals surface area contributed by atoms with E-state index in [1.807, 2.05) is 61.0 Å². The molecule has 2 aromatic rings. The minimum absolute atomic E-state index is 0. The zero-order chi connectivity index (χ0) is 12.1. The molecular weight excluding hydrogens is 319 g/mol. The number of ether oxygens (including phenoxy) is 1. The molecule has 0 aliphatic heterocycles. The molecule has 2 rings (SSSR count). The molecule has 18 heavy (non-hydrogen) atoms. The Kier molecular flexibility index (Phi) is 6.11. The van der Waals surface area contributed by atoms with Gasteiger partial charge in [-0.2, -0.15) is 0 Å². The topological polar surface area (TPSA) is 29.5 Å². The van der Waals surface area contributed by atoms with Gasteiger partial charge in [0.2, 0.25) is 0 Å². The molecule has 0 saturated carbocycles. The second-order valence-electron chi connectivity index (χ2n) is 3.77. The van der Waals surface area contributed by atoms with Crippen LogP contribution in [-0.4, -0.2) is 12.2 Å². The maximum absolute atomic E-state index is 9.75. The van der Waals surface area contributed by atoms with Crippen LogP contribution in [0.2, 0.25) is 0 Å².